The zero-order valence-electron chi connectivity index (χ0n) is 17.1. The molecule has 2 heterocycles. The van der Waals surface area contributed by atoms with Crippen LogP contribution >= 0.6 is 0 Å². The second kappa shape index (κ2) is 7.51. The molecule has 3 fully saturated rings. The van der Waals surface area contributed by atoms with Crippen molar-refractivity contribution in [3.8, 4) is 0 Å². The van der Waals surface area contributed by atoms with Gasteiger partial charge in [0.2, 0.25) is 11.8 Å². The van der Waals surface area contributed by atoms with Gasteiger partial charge in [0.25, 0.3) is 0 Å². The van der Waals surface area contributed by atoms with Crippen LogP contribution in [0.15, 0.2) is 30.3 Å². The summed E-state index contributed by atoms with van der Waals surface area (Å²) >= 11 is 0. The Morgan fingerprint density at radius 2 is 1.89 bits per heavy atom. The molecule has 3 atom stereocenters. The number of ether oxygens (including phenoxy) is 1. The van der Waals surface area contributed by atoms with Crippen molar-refractivity contribution < 1.29 is 14.3 Å². The second-order valence-electron chi connectivity index (χ2n) is 9.07. The van der Waals surface area contributed by atoms with Crippen LogP contribution in [0.4, 0.5) is 0 Å². The van der Waals surface area contributed by atoms with Gasteiger partial charge in [-0.25, -0.2) is 0 Å². The zero-order valence-corrected chi connectivity index (χ0v) is 17.1. The summed E-state index contributed by atoms with van der Waals surface area (Å²) in [5, 5.41) is 3.44. The molecule has 2 amide bonds. The normalized spacial score (nSPS) is 30.6. The Labute approximate surface area is 167 Å². The monoisotopic (exact) mass is 384 g/mol. The third kappa shape index (κ3) is 3.24. The van der Waals surface area contributed by atoms with Crippen molar-refractivity contribution in [3.05, 3.63) is 35.9 Å². The van der Waals surface area contributed by atoms with Crippen molar-refractivity contribution in [2.45, 2.75) is 75.9 Å². The molecule has 5 nitrogen and oxygen atoms in total. The van der Waals surface area contributed by atoms with Crippen LogP contribution in [0.5, 0.6) is 0 Å². The summed E-state index contributed by atoms with van der Waals surface area (Å²) in [5.41, 5.74) is 0.374. The lowest BCUT2D eigenvalue weighted by Crippen LogP contribution is -2.58. The molecule has 0 unspecified atom stereocenters. The molecule has 1 aromatic rings. The fraction of sp³-hybridized carbons (Fsp3) is 0.652. The predicted molar refractivity (Wildman–Crippen MR) is 108 cm³/mol. The first-order valence-corrected chi connectivity index (χ1v) is 10.6. The lowest BCUT2D eigenvalue weighted by atomic mass is 9.68. The first-order valence-electron chi connectivity index (χ1n) is 10.6. The molecular weight excluding hydrogens is 352 g/mol. The standard InChI is InChI=1S/C23H32N2O3/c1-17(26)25-19-10-11-20(25)23(15-19,14-18-8-4-3-5-9-18)21(27)24-22(16-28-2)12-6-7-13-22/h3-5,8-9,19-20H,6-7,10-16H2,1-2H3,(H,24,27)/t19-,20+,23+/m0/s1. The van der Waals surface area contributed by atoms with E-state index in [1.807, 2.05) is 23.1 Å². The Balaban J connectivity index is 1.66. The van der Waals surface area contributed by atoms with Crippen LogP contribution in [-0.4, -0.2) is 48.1 Å². The van der Waals surface area contributed by atoms with E-state index >= 15 is 0 Å². The molecule has 1 aromatic carbocycles. The lowest BCUT2D eigenvalue weighted by molar-refractivity contribution is -0.137. The fourth-order valence-electron chi connectivity index (χ4n) is 6.13. The molecule has 0 radical (unpaired) electrons. The van der Waals surface area contributed by atoms with Gasteiger partial charge in [0, 0.05) is 26.1 Å². The highest BCUT2D eigenvalue weighted by Gasteiger charge is 2.61. The van der Waals surface area contributed by atoms with Crippen LogP contribution in [0.25, 0.3) is 0 Å². The highest BCUT2D eigenvalue weighted by molar-refractivity contribution is 5.87. The van der Waals surface area contributed by atoms with Gasteiger partial charge >= 0.3 is 0 Å². The zero-order chi connectivity index (χ0) is 19.8. The van der Waals surface area contributed by atoms with Gasteiger partial charge in [-0.2, -0.15) is 0 Å². The third-order valence-electron chi connectivity index (χ3n) is 7.28. The van der Waals surface area contributed by atoms with Crippen LogP contribution in [0.3, 0.4) is 0 Å². The molecule has 2 aliphatic heterocycles. The van der Waals surface area contributed by atoms with Gasteiger partial charge in [-0.1, -0.05) is 43.2 Å². The van der Waals surface area contributed by atoms with E-state index < -0.39 is 5.41 Å². The third-order valence-corrected chi connectivity index (χ3v) is 7.28. The molecule has 2 saturated heterocycles. The minimum atomic E-state index is -0.542. The largest absolute Gasteiger partial charge is 0.382 e. The van der Waals surface area contributed by atoms with Crippen molar-refractivity contribution in [2.24, 2.45) is 5.41 Å². The minimum absolute atomic E-state index is 0.00351. The lowest BCUT2D eigenvalue weighted by Gasteiger charge is -2.40. The SMILES string of the molecule is COCC1(NC(=O)[C@]2(Cc3ccccc3)C[C@@H]3CC[C@H]2N3C(C)=O)CCCC1. The summed E-state index contributed by atoms with van der Waals surface area (Å²) in [7, 11) is 1.71. The number of hydrogen-bond donors (Lipinski definition) is 1. The van der Waals surface area contributed by atoms with E-state index in [-0.39, 0.29) is 29.4 Å². The number of methoxy groups -OCH3 is 1. The van der Waals surface area contributed by atoms with Gasteiger partial charge in [-0.3, -0.25) is 9.59 Å². The molecule has 1 saturated carbocycles. The highest BCUT2D eigenvalue weighted by atomic mass is 16.5. The van der Waals surface area contributed by atoms with Crippen LogP contribution in [-0.2, 0) is 20.7 Å². The van der Waals surface area contributed by atoms with E-state index in [4.69, 9.17) is 4.74 Å². The van der Waals surface area contributed by atoms with Gasteiger partial charge in [0.1, 0.15) is 0 Å². The molecule has 4 rings (SSSR count). The molecule has 0 aromatic heterocycles. The average molecular weight is 385 g/mol. The Morgan fingerprint density at radius 1 is 1.18 bits per heavy atom. The van der Waals surface area contributed by atoms with Crippen LogP contribution in [0, 0.1) is 5.41 Å². The molecule has 3 aliphatic rings. The van der Waals surface area contributed by atoms with Gasteiger partial charge in [-0.15, -0.1) is 0 Å². The Morgan fingerprint density at radius 3 is 2.50 bits per heavy atom. The number of amides is 2. The van der Waals surface area contributed by atoms with E-state index in [1.165, 1.54) is 5.56 Å². The fourth-order valence-corrected chi connectivity index (χ4v) is 6.13. The van der Waals surface area contributed by atoms with Gasteiger partial charge in [-0.05, 0) is 44.1 Å². The Kier molecular flexibility index (Phi) is 5.21. The quantitative estimate of drug-likeness (QED) is 0.820. The van der Waals surface area contributed by atoms with Crippen LogP contribution in [0.1, 0.15) is 57.4 Å². The molecule has 152 valence electrons. The van der Waals surface area contributed by atoms with Crippen molar-refractivity contribution in [1.29, 1.82) is 0 Å². The van der Waals surface area contributed by atoms with E-state index in [0.29, 0.717) is 13.0 Å². The number of carbonyl (C=O) groups excluding carboxylic acids is 2. The van der Waals surface area contributed by atoms with Crippen molar-refractivity contribution in [3.63, 3.8) is 0 Å². The molecular formula is C23H32N2O3. The van der Waals surface area contributed by atoms with E-state index in [0.717, 1.165) is 44.9 Å². The molecule has 1 aliphatic carbocycles. The molecule has 5 heteroatoms. The first kappa shape index (κ1) is 19.4. The summed E-state index contributed by atoms with van der Waals surface area (Å²) in [6.07, 6.45) is 7.58. The van der Waals surface area contributed by atoms with Crippen LogP contribution < -0.4 is 5.32 Å². The first-order chi connectivity index (χ1) is 13.5. The van der Waals surface area contributed by atoms with Gasteiger partial charge in [0.05, 0.1) is 17.6 Å². The van der Waals surface area contributed by atoms with Gasteiger partial charge in [0.15, 0.2) is 0 Å². The molecule has 1 N–H and O–H groups in total. The number of fused-ring (bicyclic) bond motifs is 2. The second-order valence-corrected chi connectivity index (χ2v) is 9.07. The van der Waals surface area contributed by atoms with E-state index in [9.17, 15) is 9.59 Å². The number of nitrogens with one attached hydrogen (secondary N) is 1. The Bertz CT molecular complexity index is 729. The number of carbonyl (C=O) groups is 2. The predicted octanol–water partition coefficient (Wildman–Crippen LogP) is 3.07. The maximum Gasteiger partial charge on any atom is 0.229 e. The van der Waals surface area contributed by atoms with E-state index in [1.54, 1.807) is 14.0 Å². The number of benzene rings is 1. The molecule has 28 heavy (non-hydrogen) atoms. The summed E-state index contributed by atoms with van der Waals surface area (Å²) in [6.45, 7) is 2.20. The van der Waals surface area contributed by atoms with Crippen molar-refractivity contribution in [1.82, 2.24) is 10.2 Å². The number of rotatable bonds is 6. The van der Waals surface area contributed by atoms with Crippen LogP contribution in [0.2, 0.25) is 0 Å². The van der Waals surface area contributed by atoms with E-state index in [2.05, 4.69) is 17.4 Å². The summed E-state index contributed by atoms with van der Waals surface area (Å²) < 4.78 is 5.49. The number of hydrogen-bond acceptors (Lipinski definition) is 3. The smallest absolute Gasteiger partial charge is 0.229 e. The number of nitrogens with zero attached hydrogens (tertiary/aromatic N) is 1. The topological polar surface area (TPSA) is 58.6 Å². The highest BCUT2D eigenvalue weighted by Crippen LogP contribution is 2.52. The van der Waals surface area contributed by atoms with Gasteiger partial charge < -0.3 is 15.0 Å². The summed E-state index contributed by atoms with van der Waals surface area (Å²) in [5.74, 6) is 0.219. The minimum Gasteiger partial charge on any atom is -0.382 e. The van der Waals surface area contributed by atoms with Crippen molar-refractivity contribution >= 4 is 11.8 Å². The van der Waals surface area contributed by atoms with Crippen molar-refractivity contribution in [2.75, 3.05) is 13.7 Å². The Hall–Kier alpha value is -1.88. The summed E-state index contributed by atoms with van der Waals surface area (Å²) in [4.78, 5) is 28.2. The average Bonchev–Trinajstić information content (AvgIpc) is 3.37. The summed E-state index contributed by atoms with van der Waals surface area (Å²) in [6, 6.07) is 10.4. The maximum atomic E-state index is 13.9. The molecule has 0 spiro atoms. The maximum absolute atomic E-state index is 13.9. The molecule has 2 bridgehead atoms.